The number of alkyl halides is 3. The average Bonchev–Trinajstić information content (AvgIpc) is 3.23. The van der Waals surface area contributed by atoms with Crippen LogP contribution in [0.4, 0.5) is 13.2 Å². The Labute approximate surface area is 156 Å². The summed E-state index contributed by atoms with van der Waals surface area (Å²) in [6.45, 7) is 3.00. The van der Waals surface area contributed by atoms with Gasteiger partial charge in [0.15, 0.2) is 0 Å². The van der Waals surface area contributed by atoms with Gasteiger partial charge in [-0.05, 0) is 50.3 Å². The van der Waals surface area contributed by atoms with Gasteiger partial charge in [0, 0.05) is 36.6 Å². The number of likely N-dealkylation sites (tertiary alicyclic amines) is 1. The summed E-state index contributed by atoms with van der Waals surface area (Å²) in [7, 11) is 0. The summed E-state index contributed by atoms with van der Waals surface area (Å²) < 4.78 is 44.5. The zero-order valence-corrected chi connectivity index (χ0v) is 15.1. The van der Waals surface area contributed by atoms with Crippen molar-refractivity contribution in [2.45, 2.75) is 51.0 Å². The lowest BCUT2D eigenvalue weighted by molar-refractivity contribution is -0.137. The molecular weight excluding hydrogens is 355 g/mol. The Morgan fingerprint density at radius 2 is 1.96 bits per heavy atom. The highest BCUT2D eigenvalue weighted by Crippen LogP contribution is 2.43. The molecule has 1 aromatic carbocycles. The summed E-state index contributed by atoms with van der Waals surface area (Å²) >= 11 is 0. The molecule has 1 saturated carbocycles. The van der Waals surface area contributed by atoms with Crippen LogP contribution in [-0.2, 0) is 12.7 Å². The van der Waals surface area contributed by atoms with Gasteiger partial charge in [-0.3, -0.25) is 4.90 Å². The lowest BCUT2D eigenvalue weighted by Gasteiger charge is -2.35. The van der Waals surface area contributed by atoms with E-state index in [-0.39, 0.29) is 11.8 Å². The predicted molar refractivity (Wildman–Crippen MR) is 94.2 cm³/mol. The highest BCUT2D eigenvalue weighted by molar-refractivity contribution is 5.30. The van der Waals surface area contributed by atoms with E-state index in [1.165, 1.54) is 6.07 Å². The molecule has 2 aromatic rings. The molecule has 4 nitrogen and oxygen atoms in total. The second-order valence-electron chi connectivity index (χ2n) is 7.44. The van der Waals surface area contributed by atoms with Gasteiger partial charge < -0.3 is 4.74 Å². The molecule has 1 aromatic heterocycles. The number of piperidine rings is 1. The van der Waals surface area contributed by atoms with E-state index in [9.17, 15) is 13.2 Å². The maximum absolute atomic E-state index is 12.9. The van der Waals surface area contributed by atoms with Crippen molar-refractivity contribution in [1.29, 1.82) is 0 Å². The fourth-order valence-corrected chi connectivity index (χ4v) is 4.32. The number of hydrogen-bond donors (Lipinski definition) is 0. The smallest absolute Gasteiger partial charge is 0.416 e. The van der Waals surface area contributed by atoms with E-state index in [1.54, 1.807) is 6.07 Å². The first kappa shape index (κ1) is 18.2. The van der Waals surface area contributed by atoms with Crippen LogP contribution in [0.2, 0.25) is 0 Å². The Bertz CT molecular complexity index is 794. The van der Waals surface area contributed by atoms with Crippen LogP contribution in [0, 0.1) is 12.8 Å². The first-order valence-corrected chi connectivity index (χ1v) is 9.23. The van der Waals surface area contributed by atoms with Crippen LogP contribution < -0.4 is 4.74 Å². The van der Waals surface area contributed by atoms with Crippen LogP contribution in [0.25, 0.3) is 0 Å². The van der Waals surface area contributed by atoms with Crippen molar-refractivity contribution in [2.24, 2.45) is 5.92 Å². The predicted octanol–water partition coefficient (Wildman–Crippen LogP) is 4.24. The SMILES string of the molecule is Cc1ncc(CN2[C@@H]3CC[C@@H](C3)[C@@H]2COc2cccc(C(F)(F)F)c2)cn1. The summed E-state index contributed by atoms with van der Waals surface area (Å²) in [6.07, 6.45) is 2.78. The molecular formula is C20H22F3N3O. The summed E-state index contributed by atoms with van der Waals surface area (Å²) in [5.74, 6) is 1.55. The topological polar surface area (TPSA) is 38.2 Å². The molecule has 0 radical (unpaired) electrons. The van der Waals surface area contributed by atoms with Crippen LogP contribution in [0.3, 0.4) is 0 Å². The fourth-order valence-electron chi connectivity index (χ4n) is 4.32. The first-order valence-electron chi connectivity index (χ1n) is 9.23. The van der Waals surface area contributed by atoms with Gasteiger partial charge in [-0.25, -0.2) is 9.97 Å². The van der Waals surface area contributed by atoms with E-state index in [1.807, 2.05) is 19.3 Å². The molecule has 3 atom stereocenters. The van der Waals surface area contributed by atoms with Crippen molar-refractivity contribution in [3.05, 3.63) is 53.6 Å². The van der Waals surface area contributed by atoms with E-state index in [0.717, 1.165) is 49.3 Å². The van der Waals surface area contributed by atoms with Crippen LogP contribution in [-0.4, -0.2) is 33.6 Å². The number of fused-ring (bicyclic) bond motifs is 2. The van der Waals surface area contributed by atoms with Crippen LogP contribution in [0.1, 0.15) is 36.2 Å². The normalized spacial score (nSPS) is 25.1. The number of hydrogen-bond acceptors (Lipinski definition) is 4. The molecule has 1 aliphatic heterocycles. The Balaban J connectivity index is 1.45. The van der Waals surface area contributed by atoms with Crippen molar-refractivity contribution in [2.75, 3.05) is 6.61 Å². The van der Waals surface area contributed by atoms with Crippen molar-refractivity contribution in [3.63, 3.8) is 0 Å². The van der Waals surface area contributed by atoms with E-state index in [4.69, 9.17) is 4.74 Å². The molecule has 0 N–H and O–H groups in total. The summed E-state index contributed by atoms with van der Waals surface area (Å²) in [5.41, 5.74) is 0.374. The van der Waals surface area contributed by atoms with Crippen molar-refractivity contribution in [3.8, 4) is 5.75 Å². The largest absolute Gasteiger partial charge is 0.492 e. The standard InChI is InChI=1S/C20H22F3N3O/c1-13-24-9-14(10-25-13)11-26-17-6-5-15(7-17)19(26)12-27-18-4-2-3-16(8-18)20(21,22)23/h2-4,8-10,15,17,19H,5-7,11-12H2,1H3/t15-,17+,19-/m0/s1. The molecule has 0 unspecified atom stereocenters. The van der Waals surface area contributed by atoms with E-state index in [2.05, 4.69) is 14.9 Å². The van der Waals surface area contributed by atoms with E-state index < -0.39 is 11.7 Å². The molecule has 1 saturated heterocycles. The zero-order valence-electron chi connectivity index (χ0n) is 15.1. The number of rotatable bonds is 5. The van der Waals surface area contributed by atoms with E-state index in [0.29, 0.717) is 18.6 Å². The minimum Gasteiger partial charge on any atom is -0.492 e. The number of ether oxygens (including phenoxy) is 1. The third-order valence-corrected chi connectivity index (χ3v) is 5.67. The van der Waals surface area contributed by atoms with Gasteiger partial charge in [0.1, 0.15) is 18.2 Å². The molecule has 7 heteroatoms. The van der Waals surface area contributed by atoms with Gasteiger partial charge in [-0.15, -0.1) is 0 Å². The molecule has 2 fully saturated rings. The van der Waals surface area contributed by atoms with E-state index >= 15 is 0 Å². The third-order valence-electron chi connectivity index (χ3n) is 5.67. The first-order chi connectivity index (χ1) is 12.9. The number of halogens is 3. The average molecular weight is 377 g/mol. The molecule has 1 aliphatic carbocycles. The Kier molecular flexibility index (Phi) is 4.80. The fraction of sp³-hybridized carbons (Fsp3) is 0.500. The number of benzene rings is 1. The summed E-state index contributed by atoms with van der Waals surface area (Å²) in [5, 5.41) is 0. The molecule has 0 amide bonds. The zero-order chi connectivity index (χ0) is 19.0. The molecule has 0 spiro atoms. The molecule has 2 aliphatic rings. The minimum atomic E-state index is -4.36. The minimum absolute atomic E-state index is 0.208. The quantitative estimate of drug-likeness (QED) is 0.781. The molecule has 2 heterocycles. The van der Waals surface area contributed by atoms with Gasteiger partial charge in [0.05, 0.1) is 5.56 Å². The van der Waals surface area contributed by atoms with Gasteiger partial charge >= 0.3 is 6.18 Å². The maximum atomic E-state index is 12.9. The van der Waals surface area contributed by atoms with Gasteiger partial charge in [0.25, 0.3) is 0 Å². The third kappa shape index (κ3) is 3.93. The van der Waals surface area contributed by atoms with Gasteiger partial charge in [-0.2, -0.15) is 13.2 Å². The molecule has 4 rings (SSSR count). The lowest BCUT2D eigenvalue weighted by Crippen LogP contribution is -2.43. The number of aromatic nitrogens is 2. The Hall–Kier alpha value is -2.15. The summed E-state index contributed by atoms with van der Waals surface area (Å²) in [6, 6.07) is 5.83. The van der Waals surface area contributed by atoms with Crippen LogP contribution in [0.15, 0.2) is 36.7 Å². The van der Waals surface area contributed by atoms with Crippen LogP contribution in [0.5, 0.6) is 5.75 Å². The van der Waals surface area contributed by atoms with Crippen molar-refractivity contribution >= 4 is 0 Å². The van der Waals surface area contributed by atoms with Crippen LogP contribution >= 0.6 is 0 Å². The molecule has 27 heavy (non-hydrogen) atoms. The molecule has 2 bridgehead atoms. The second-order valence-corrected chi connectivity index (χ2v) is 7.44. The highest BCUT2D eigenvalue weighted by Gasteiger charge is 2.46. The van der Waals surface area contributed by atoms with Gasteiger partial charge in [-0.1, -0.05) is 6.07 Å². The number of nitrogens with zero attached hydrogens (tertiary/aromatic N) is 3. The Morgan fingerprint density at radius 1 is 1.19 bits per heavy atom. The van der Waals surface area contributed by atoms with Gasteiger partial charge in [0.2, 0.25) is 0 Å². The molecule has 144 valence electrons. The Morgan fingerprint density at radius 3 is 2.70 bits per heavy atom. The van der Waals surface area contributed by atoms with Crippen molar-refractivity contribution < 1.29 is 17.9 Å². The maximum Gasteiger partial charge on any atom is 0.416 e. The highest BCUT2D eigenvalue weighted by atomic mass is 19.4. The lowest BCUT2D eigenvalue weighted by atomic mass is 9.99. The second kappa shape index (κ2) is 7.11. The monoisotopic (exact) mass is 377 g/mol. The number of aryl methyl sites for hydroxylation is 1. The van der Waals surface area contributed by atoms with Crippen molar-refractivity contribution in [1.82, 2.24) is 14.9 Å². The summed E-state index contributed by atoms with van der Waals surface area (Å²) in [4.78, 5) is 10.9.